The molecule has 0 unspecified atom stereocenters. The molecule has 0 spiro atoms. The van der Waals surface area contributed by atoms with Crippen molar-refractivity contribution in [3.63, 3.8) is 0 Å². The second-order valence-electron chi connectivity index (χ2n) is 2.39. The van der Waals surface area contributed by atoms with Crippen molar-refractivity contribution in [3.8, 4) is 0 Å². The summed E-state index contributed by atoms with van der Waals surface area (Å²) in [6.07, 6.45) is 0.956. The number of aliphatic carboxylic acids is 1. The van der Waals surface area contributed by atoms with E-state index in [1.165, 1.54) is 0 Å². The van der Waals surface area contributed by atoms with Crippen LogP contribution in [0.15, 0.2) is 4.99 Å². The van der Waals surface area contributed by atoms with Gasteiger partial charge >= 0.3 is 5.97 Å². The van der Waals surface area contributed by atoms with Gasteiger partial charge in [-0.15, -0.1) is 0 Å². The molecule has 0 aliphatic heterocycles. The molecule has 0 rings (SSSR count). The largest absolute Gasteiger partial charge is 0.480 e. The summed E-state index contributed by atoms with van der Waals surface area (Å²) >= 11 is 0. The average molecular weight is 371 g/mol. The molecule has 0 aliphatic carbocycles. The Morgan fingerprint density at radius 1 is 1.46 bits per heavy atom. The van der Waals surface area contributed by atoms with Gasteiger partial charge in [-0.1, -0.05) is 0 Å². The van der Waals surface area contributed by atoms with Gasteiger partial charge in [-0.05, 0) is 12.8 Å². The summed E-state index contributed by atoms with van der Waals surface area (Å²) in [6.45, 7) is 0.420. The number of hydrogen-bond acceptors (Lipinski definition) is 3. The topological polar surface area (TPSA) is 128 Å². The van der Waals surface area contributed by atoms with Gasteiger partial charge in [-0.3, -0.25) is 9.79 Å². The summed E-state index contributed by atoms with van der Waals surface area (Å²) in [5.74, 6) is -0.987. The van der Waals surface area contributed by atoms with Gasteiger partial charge in [-0.2, -0.15) is 0 Å². The number of aliphatic imine (C=N–C) groups is 1. The first kappa shape index (κ1) is 14.9. The maximum atomic E-state index is 10.2. The molecule has 0 aromatic rings. The zero-order chi connectivity index (χ0) is 9.56. The third kappa shape index (κ3) is 9.35. The van der Waals surface area contributed by atoms with Gasteiger partial charge in [-0.25, -0.2) is 0 Å². The number of carboxylic acids is 1. The zero-order valence-electron chi connectivity index (χ0n) is 7.03. The Balaban J connectivity index is 0. The van der Waals surface area contributed by atoms with Crippen molar-refractivity contribution < 1.29 is 32.3 Å². The van der Waals surface area contributed by atoms with Crippen LogP contribution in [-0.4, -0.2) is 29.6 Å². The van der Waals surface area contributed by atoms with E-state index in [0.29, 0.717) is 19.4 Å². The molecule has 13 heavy (non-hydrogen) atoms. The molecule has 0 fully saturated rings. The SMILES string of the molecule is NC(N)=NCCC[C@H](N)C(=O)O.[Au]. The summed E-state index contributed by atoms with van der Waals surface area (Å²) in [7, 11) is 0. The monoisotopic (exact) mass is 371 g/mol. The van der Waals surface area contributed by atoms with Crippen LogP contribution in [-0.2, 0) is 27.2 Å². The first-order chi connectivity index (χ1) is 5.54. The third-order valence-electron chi connectivity index (χ3n) is 1.28. The fraction of sp³-hybridized carbons (Fsp3) is 0.667. The molecular weight excluding hydrogens is 357 g/mol. The number of rotatable bonds is 5. The van der Waals surface area contributed by atoms with Crippen LogP contribution >= 0.6 is 0 Å². The molecule has 0 heterocycles. The van der Waals surface area contributed by atoms with Crippen molar-refractivity contribution in [1.82, 2.24) is 0 Å². The summed E-state index contributed by atoms with van der Waals surface area (Å²) in [5, 5.41) is 8.38. The quantitative estimate of drug-likeness (QED) is 0.201. The fourth-order valence-corrected chi connectivity index (χ4v) is 0.643. The van der Waals surface area contributed by atoms with E-state index in [9.17, 15) is 4.79 Å². The Morgan fingerprint density at radius 2 is 2.00 bits per heavy atom. The molecule has 0 aromatic heterocycles. The first-order valence-electron chi connectivity index (χ1n) is 3.58. The normalized spacial score (nSPS) is 11.2. The maximum Gasteiger partial charge on any atom is 0.320 e. The molecule has 7 N–H and O–H groups in total. The van der Waals surface area contributed by atoms with Crippen molar-refractivity contribution in [3.05, 3.63) is 0 Å². The van der Waals surface area contributed by atoms with Gasteiger partial charge < -0.3 is 22.3 Å². The van der Waals surface area contributed by atoms with E-state index in [4.69, 9.17) is 22.3 Å². The van der Waals surface area contributed by atoms with Gasteiger partial charge in [0.15, 0.2) is 5.96 Å². The van der Waals surface area contributed by atoms with Crippen LogP contribution in [0.25, 0.3) is 0 Å². The number of nitrogens with two attached hydrogens (primary N) is 3. The minimum absolute atomic E-state index is 0. The smallest absolute Gasteiger partial charge is 0.320 e. The molecule has 0 amide bonds. The fourth-order valence-electron chi connectivity index (χ4n) is 0.643. The minimum Gasteiger partial charge on any atom is -0.480 e. The molecule has 0 aromatic carbocycles. The summed E-state index contributed by atoms with van der Waals surface area (Å²) in [6, 6.07) is -0.820. The number of carboxylic acid groups (broad SMARTS) is 1. The average Bonchev–Trinajstić information content (AvgIpc) is 1.97. The van der Waals surface area contributed by atoms with Gasteiger partial charge in [0.1, 0.15) is 6.04 Å². The van der Waals surface area contributed by atoms with Gasteiger partial charge in [0, 0.05) is 28.9 Å². The first-order valence-corrected chi connectivity index (χ1v) is 3.58. The summed E-state index contributed by atoms with van der Waals surface area (Å²) in [4.78, 5) is 13.9. The van der Waals surface area contributed by atoms with E-state index in [0.717, 1.165) is 0 Å². The molecule has 0 saturated carbocycles. The third-order valence-corrected chi connectivity index (χ3v) is 1.28. The van der Waals surface area contributed by atoms with Gasteiger partial charge in [0.25, 0.3) is 0 Å². The van der Waals surface area contributed by atoms with Crippen LogP contribution in [0, 0.1) is 0 Å². The molecule has 1 radical (unpaired) electrons. The number of nitrogens with zero attached hydrogens (tertiary/aromatic N) is 1. The van der Waals surface area contributed by atoms with Crippen LogP contribution in [0.1, 0.15) is 12.8 Å². The summed E-state index contributed by atoms with van der Waals surface area (Å²) in [5.41, 5.74) is 15.3. The molecule has 0 saturated heterocycles. The van der Waals surface area contributed by atoms with Crippen molar-refractivity contribution in [2.45, 2.75) is 18.9 Å². The number of guanidine groups is 1. The predicted molar refractivity (Wildman–Crippen MR) is 45.5 cm³/mol. The van der Waals surface area contributed by atoms with E-state index < -0.39 is 12.0 Å². The predicted octanol–water partition coefficient (Wildman–Crippen LogP) is -1.55. The van der Waals surface area contributed by atoms with Crippen LogP contribution in [0.2, 0.25) is 0 Å². The Kier molecular flexibility index (Phi) is 9.26. The Bertz CT molecular complexity index is 181. The van der Waals surface area contributed by atoms with Gasteiger partial charge in [0.05, 0.1) is 0 Å². The molecule has 81 valence electrons. The number of carbonyl (C=O) groups is 1. The number of hydrogen-bond donors (Lipinski definition) is 4. The standard InChI is InChI=1S/C6H14N4O2.Au/c7-4(5(11)12)2-1-3-10-6(8)9;/h4H,1-3,7H2,(H,11,12)(H4,8,9,10);/t4-;/m0./s1. The van der Waals surface area contributed by atoms with Gasteiger partial charge in [0.2, 0.25) is 0 Å². The maximum absolute atomic E-state index is 10.2. The second kappa shape index (κ2) is 8.06. The van der Waals surface area contributed by atoms with E-state index in [2.05, 4.69) is 4.99 Å². The molecule has 6 nitrogen and oxygen atoms in total. The van der Waals surface area contributed by atoms with Crippen LogP contribution in [0.5, 0.6) is 0 Å². The van der Waals surface area contributed by atoms with Crippen molar-refractivity contribution >= 4 is 11.9 Å². The molecule has 0 bridgehead atoms. The van der Waals surface area contributed by atoms with Crippen molar-refractivity contribution in [2.24, 2.45) is 22.2 Å². The Morgan fingerprint density at radius 3 is 2.38 bits per heavy atom. The van der Waals surface area contributed by atoms with E-state index in [1.54, 1.807) is 0 Å². The second-order valence-corrected chi connectivity index (χ2v) is 2.39. The van der Waals surface area contributed by atoms with E-state index >= 15 is 0 Å². The zero-order valence-corrected chi connectivity index (χ0v) is 9.20. The molecular formula is C6H14AuN4O2. The van der Waals surface area contributed by atoms with Crippen LogP contribution < -0.4 is 17.2 Å². The molecule has 7 heteroatoms. The minimum atomic E-state index is -1.00. The Hall–Kier alpha value is -0.560. The molecule has 1 atom stereocenters. The summed E-state index contributed by atoms with van der Waals surface area (Å²) < 4.78 is 0. The van der Waals surface area contributed by atoms with E-state index in [1.807, 2.05) is 0 Å². The van der Waals surface area contributed by atoms with Crippen molar-refractivity contribution in [1.29, 1.82) is 0 Å². The van der Waals surface area contributed by atoms with Crippen LogP contribution in [0.3, 0.4) is 0 Å². The van der Waals surface area contributed by atoms with Crippen molar-refractivity contribution in [2.75, 3.05) is 6.54 Å². The van der Waals surface area contributed by atoms with Crippen LogP contribution in [0.4, 0.5) is 0 Å². The molecule has 0 aliphatic rings. The Labute approximate surface area is 92.1 Å². The van der Waals surface area contributed by atoms with E-state index in [-0.39, 0.29) is 28.3 Å².